The quantitative estimate of drug-likeness (QED) is 0.220. The van der Waals surface area contributed by atoms with Crippen LogP contribution in [0.3, 0.4) is 0 Å². The minimum atomic E-state index is -0.386. The Morgan fingerprint density at radius 1 is 1.12 bits per heavy atom. The van der Waals surface area contributed by atoms with Crippen molar-refractivity contribution in [1.29, 1.82) is 0 Å². The molecule has 4 aromatic rings. The summed E-state index contributed by atoms with van der Waals surface area (Å²) in [5.74, 6) is 1.34. The molecule has 2 aliphatic heterocycles. The Morgan fingerprint density at radius 2 is 1.93 bits per heavy atom. The van der Waals surface area contributed by atoms with Gasteiger partial charge in [0.15, 0.2) is 0 Å². The number of carbonyl (C=O) groups is 1. The van der Waals surface area contributed by atoms with Gasteiger partial charge in [0.1, 0.15) is 18.2 Å². The fraction of sp³-hybridized carbons (Fsp3) is 0.424. The Morgan fingerprint density at radius 3 is 2.65 bits per heavy atom. The fourth-order valence-electron chi connectivity index (χ4n) is 5.62. The summed E-state index contributed by atoms with van der Waals surface area (Å²) in [6.45, 7) is 8.03. The fourth-order valence-corrected chi connectivity index (χ4v) is 5.78. The lowest BCUT2D eigenvalue weighted by molar-refractivity contribution is -0.118. The third-order valence-electron chi connectivity index (χ3n) is 8.31. The summed E-state index contributed by atoms with van der Waals surface area (Å²) in [5, 5.41) is 3.35. The largest absolute Gasteiger partial charge is 0.473 e. The van der Waals surface area contributed by atoms with Crippen LogP contribution in [0.25, 0.3) is 11.0 Å². The first-order valence-electron chi connectivity index (χ1n) is 15.0. The van der Waals surface area contributed by atoms with Crippen LogP contribution in [0, 0.1) is 11.7 Å². The molecule has 2 fully saturated rings. The first-order chi connectivity index (χ1) is 20.8. The number of pyridine rings is 1. The number of carbonyl (C=O) groups excluding carboxylic acids is 1. The van der Waals surface area contributed by atoms with E-state index in [0.717, 1.165) is 80.3 Å². The van der Waals surface area contributed by atoms with E-state index in [1.165, 1.54) is 6.07 Å². The van der Waals surface area contributed by atoms with E-state index in [0.29, 0.717) is 22.4 Å². The predicted molar refractivity (Wildman–Crippen MR) is 165 cm³/mol. The van der Waals surface area contributed by atoms with Crippen molar-refractivity contribution in [2.24, 2.45) is 5.92 Å². The SMILES string of the molecule is CC(C)C(=O)Nc1ccc2c(c1)nc(CN1CCC(c3cccc(OCc4ccc(Cl)cc4F)n3)CC1)n2C[C@@H]1CCO1. The van der Waals surface area contributed by atoms with Gasteiger partial charge in [-0.1, -0.05) is 37.6 Å². The van der Waals surface area contributed by atoms with Gasteiger partial charge in [-0.3, -0.25) is 9.69 Å². The molecule has 0 bridgehead atoms. The molecule has 2 aromatic carbocycles. The number of nitrogens with zero attached hydrogens (tertiary/aromatic N) is 4. The molecule has 1 amide bonds. The summed E-state index contributed by atoms with van der Waals surface area (Å²) in [7, 11) is 0. The summed E-state index contributed by atoms with van der Waals surface area (Å²) >= 11 is 5.86. The molecule has 0 spiro atoms. The normalized spacial score (nSPS) is 17.7. The second kappa shape index (κ2) is 13.0. The average molecular weight is 606 g/mol. The lowest BCUT2D eigenvalue weighted by Gasteiger charge is -2.32. The number of rotatable bonds is 10. The lowest BCUT2D eigenvalue weighted by atomic mass is 9.93. The van der Waals surface area contributed by atoms with Gasteiger partial charge in [-0.15, -0.1) is 0 Å². The van der Waals surface area contributed by atoms with E-state index in [4.69, 9.17) is 31.0 Å². The van der Waals surface area contributed by atoms with Crippen LogP contribution >= 0.6 is 11.6 Å². The number of ether oxygens (including phenoxy) is 2. The highest BCUT2D eigenvalue weighted by Gasteiger charge is 2.26. The maximum absolute atomic E-state index is 14.2. The number of halogens is 2. The van der Waals surface area contributed by atoms with E-state index in [2.05, 4.69) is 20.9 Å². The molecule has 0 saturated carbocycles. The molecule has 1 N–H and O–H groups in total. The zero-order valence-corrected chi connectivity index (χ0v) is 25.3. The van der Waals surface area contributed by atoms with Gasteiger partial charge in [0, 0.05) is 46.5 Å². The van der Waals surface area contributed by atoms with Gasteiger partial charge in [-0.25, -0.2) is 14.4 Å². The molecule has 2 aromatic heterocycles. The molecule has 2 aliphatic rings. The van der Waals surface area contributed by atoms with E-state index in [9.17, 15) is 9.18 Å². The zero-order valence-electron chi connectivity index (χ0n) is 24.6. The molecule has 10 heteroatoms. The number of anilines is 1. The summed E-state index contributed by atoms with van der Waals surface area (Å²) in [6, 6.07) is 16.3. The average Bonchev–Trinajstić information content (AvgIpc) is 3.30. The van der Waals surface area contributed by atoms with Crippen LogP contribution in [0.5, 0.6) is 5.88 Å². The molecule has 8 nitrogen and oxygen atoms in total. The van der Waals surface area contributed by atoms with Crippen molar-refractivity contribution in [3.63, 3.8) is 0 Å². The summed E-state index contributed by atoms with van der Waals surface area (Å²) < 4.78 is 28.0. The van der Waals surface area contributed by atoms with Gasteiger partial charge < -0.3 is 19.4 Å². The Balaban J connectivity index is 1.10. The summed E-state index contributed by atoms with van der Waals surface area (Å²) in [4.78, 5) is 24.5. The number of likely N-dealkylation sites (tertiary alicyclic amines) is 1. The summed E-state index contributed by atoms with van der Waals surface area (Å²) in [5.41, 5.74) is 4.14. The number of amides is 1. The van der Waals surface area contributed by atoms with E-state index in [-0.39, 0.29) is 30.4 Å². The Labute approximate surface area is 256 Å². The zero-order chi connectivity index (χ0) is 29.9. The minimum absolute atomic E-state index is 0.00760. The number of aromatic nitrogens is 3. The molecule has 2 saturated heterocycles. The van der Waals surface area contributed by atoms with Crippen LogP contribution in [0.1, 0.15) is 56.1 Å². The van der Waals surface area contributed by atoms with Crippen molar-refractivity contribution in [3.05, 3.63) is 82.5 Å². The highest BCUT2D eigenvalue weighted by Crippen LogP contribution is 2.30. The third-order valence-corrected chi connectivity index (χ3v) is 8.54. The first-order valence-corrected chi connectivity index (χ1v) is 15.4. The van der Waals surface area contributed by atoms with Crippen LogP contribution in [-0.2, 0) is 29.2 Å². The molecule has 0 radical (unpaired) electrons. The maximum atomic E-state index is 14.2. The van der Waals surface area contributed by atoms with Gasteiger partial charge in [0.05, 0.1) is 30.2 Å². The van der Waals surface area contributed by atoms with Crippen LogP contribution in [-0.4, -0.2) is 51.1 Å². The highest BCUT2D eigenvalue weighted by atomic mass is 35.5. The van der Waals surface area contributed by atoms with Crippen molar-refractivity contribution in [3.8, 4) is 5.88 Å². The lowest BCUT2D eigenvalue weighted by Crippen LogP contribution is -2.35. The number of hydrogen-bond acceptors (Lipinski definition) is 6. The van der Waals surface area contributed by atoms with Gasteiger partial charge in [-0.05, 0) is 68.8 Å². The van der Waals surface area contributed by atoms with Crippen LogP contribution in [0.2, 0.25) is 5.02 Å². The van der Waals surface area contributed by atoms with Crippen LogP contribution in [0.15, 0.2) is 54.6 Å². The van der Waals surface area contributed by atoms with Crippen molar-refractivity contribution >= 4 is 34.2 Å². The molecular weight excluding hydrogens is 569 g/mol. The maximum Gasteiger partial charge on any atom is 0.226 e. The van der Waals surface area contributed by atoms with Crippen molar-refractivity contribution in [2.75, 3.05) is 25.0 Å². The Bertz CT molecular complexity index is 1600. The number of imidazole rings is 1. The molecule has 1 atom stereocenters. The first kappa shape index (κ1) is 29.5. The van der Waals surface area contributed by atoms with Crippen molar-refractivity contribution in [1.82, 2.24) is 19.4 Å². The highest BCUT2D eigenvalue weighted by molar-refractivity contribution is 6.30. The monoisotopic (exact) mass is 605 g/mol. The van der Waals surface area contributed by atoms with Gasteiger partial charge in [0.25, 0.3) is 0 Å². The molecule has 43 heavy (non-hydrogen) atoms. The Kier molecular flexibility index (Phi) is 8.93. The number of nitrogens with one attached hydrogen (secondary N) is 1. The minimum Gasteiger partial charge on any atom is -0.473 e. The second-order valence-electron chi connectivity index (χ2n) is 11.7. The number of piperidine rings is 1. The molecule has 0 unspecified atom stereocenters. The molecule has 0 aliphatic carbocycles. The molecule has 6 rings (SSSR count). The smallest absolute Gasteiger partial charge is 0.226 e. The molecular formula is C33H37ClFN5O3. The summed E-state index contributed by atoms with van der Waals surface area (Å²) in [6.07, 6.45) is 3.20. The van der Waals surface area contributed by atoms with E-state index in [1.807, 2.05) is 44.2 Å². The standard InChI is InChI=1S/C33H37ClFN5O3/c1-21(2)33(41)36-25-8-9-30-29(17-25)37-31(40(30)18-26-12-15-42-26)19-39-13-10-22(11-14-39)28-4-3-5-32(38-28)43-20-23-6-7-24(34)16-27(23)35/h3-9,16-17,21-22,26H,10-15,18-20H2,1-2H3,(H,36,41)/t26-/m0/s1. The Hall–Kier alpha value is -3.53. The van der Waals surface area contributed by atoms with E-state index >= 15 is 0 Å². The number of hydrogen-bond donors (Lipinski definition) is 1. The van der Waals surface area contributed by atoms with Gasteiger partial charge >= 0.3 is 0 Å². The van der Waals surface area contributed by atoms with E-state index in [1.54, 1.807) is 12.1 Å². The van der Waals surface area contributed by atoms with E-state index < -0.39 is 0 Å². The van der Waals surface area contributed by atoms with Crippen molar-refractivity contribution in [2.45, 2.75) is 64.8 Å². The van der Waals surface area contributed by atoms with Crippen LogP contribution < -0.4 is 10.1 Å². The van der Waals surface area contributed by atoms with Gasteiger partial charge in [-0.2, -0.15) is 0 Å². The third kappa shape index (κ3) is 7.00. The number of benzene rings is 2. The van der Waals surface area contributed by atoms with Gasteiger partial charge in [0.2, 0.25) is 11.8 Å². The number of fused-ring (bicyclic) bond motifs is 1. The topological polar surface area (TPSA) is 81.5 Å². The molecule has 4 heterocycles. The predicted octanol–water partition coefficient (Wildman–Crippen LogP) is 6.57. The van der Waals surface area contributed by atoms with Crippen LogP contribution in [0.4, 0.5) is 10.1 Å². The molecule has 226 valence electrons. The van der Waals surface area contributed by atoms with Crippen molar-refractivity contribution < 1.29 is 18.7 Å². The second-order valence-corrected chi connectivity index (χ2v) is 12.2.